The van der Waals surface area contributed by atoms with Crippen molar-refractivity contribution in [3.63, 3.8) is 0 Å². The minimum Gasteiger partial charge on any atom is 4.00 e. The van der Waals surface area contributed by atoms with Gasteiger partial charge in [-0.25, -0.2) is 0 Å². The first-order valence-electron chi connectivity index (χ1n) is 0.204. The summed E-state index contributed by atoms with van der Waals surface area (Å²) in [5.41, 5.74) is 0. The van der Waals surface area contributed by atoms with E-state index < -0.39 is 0 Å². The Kier molecular flexibility index (Phi) is 363. The monoisotopic (exact) mass is 304 g/mol. The molecule has 2 radical (unpaired) electrons. The molecule has 0 saturated heterocycles. The Labute approximate surface area is 60.8 Å². The largest absolute Gasteiger partial charge is 4.00 e. The van der Waals surface area contributed by atoms with Gasteiger partial charge in [0.05, 0.1) is 0 Å². The van der Waals surface area contributed by atoms with Crippen molar-refractivity contribution in [1.82, 2.24) is 0 Å². The van der Waals surface area contributed by atoms with Crippen molar-refractivity contribution in [2.24, 2.45) is 0 Å². The van der Waals surface area contributed by atoms with Gasteiger partial charge in [-0.3, -0.25) is 0 Å². The van der Waals surface area contributed by atoms with E-state index in [2.05, 4.69) is 0 Å². The molecule has 0 spiro atoms. The van der Waals surface area contributed by atoms with Gasteiger partial charge in [-0.1, -0.05) is 0 Å². The molecule has 5 heavy (non-hydrogen) atoms. The van der Waals surface area contributed by atoms with E-state index in [9.17, 15) is 0 Å². The van der Waals surface area contributed by atoms with Crippen LogP contribution in [0.3, 0.4) is 0 Å². The van der Waals surface area contributed by atoms with Gasteiger partial charge >= 0.3 is 50.2 Å². The summed E-state index contributed by atoms with van der Waals surface area (Å²) < 4.78 is 8.39. The summed E-state index contributed by atoms with van der Waals surface area (Å²) in [6.45, 7) is 0. The van der Waals surface area contributed by atoms with E-state index in [1.165, 1.54) is 0 Å². The summed E-state index contributed by atoms with van der Waals surface area (Å²) >= 11 is 0.0556. The molecule has 0 N–H and O–H groups in total. The number of hydrogen-bond donors (Lipinski definition) is 0. The normalized spacial score (nSPS) is 0.800. The molecule has 0 aromatic carbocycles. The van der Waals surface area contributed by atoms with E-state index in [1.807, 2.05) is 0 Å². The molecule has 0 aromatic rings. The van der Waals surface area contributed by atoms with Gasteiger partial charge in [0, 0.05) is 0 Å². The first kappa shape index (κ1) is 32.8. The SMILES string of the molecule is [O-2].[O-2].[O]=[Pb].[Ti+4]. The summed E-state index contributed by atoms with van der Waals surface area (Å²) in [6, 6.07) is 0. The molecule has 0 heterocycles. The Hall–Kier alpha value is 1.36. The predicted molar refractivity (Wildman–Crippen MR) is 7.81 cm³/mol. The van der Waals surface area contributed by atoms with Gasteiger partial charge < -0.3 is 11.0 Å². The van der Waals surface area contributed by atoms with Crippen LogP contribution < -0.4 is 0 Å². The zero-order valence-electron chi connectivity index (χ0n) is 2.22. The van der Waals surface area contributed by atoms with Crippen molar-refractivity contribution in [1.29, 1.82) is 0 Å². The van der Waals surface area contributed by atoms with Gasteiger partial charge in [0.25, 0.3) is 0 Å². The minimum atomic E-state index is 0. The molecule has 0 rings (SSSR count). The Bertz CT molecular complexity index is 6.85. The molecule has 0 aliphatic carbocycles. The van der Waals surface area contributed by atoms with Gasteiger partial charge in [-0.2, -0.15) is 0 Å². The summed E-state index contributed by atoms with van der Waals surface area (Å²) in [5, 5.41) is 0. The second-order valence-corrected chi connectivity index (χ2v) is 0. The Morgan fingerprint density at radius 1 is 1.00 bits per heavy atom. The first-order chi connectivity index (χ1) is 1.00. The van der Waals surface area contributed by atoms with E-state index in [0.29, 0.717) is 0 Å². The molecule has 0 atom stereocenters. The quantitative estimate of drug-likeness (QED) is 0.543. The van der Waals surface area contributed by atoms with Gasteiger partial charge in [0.2, 0.25) is 0 Å². The fourth-order valence-electron chi connectivity index (χ4n) is 0. The smallest absolute Gasteiger partial charge is 4.00 e. The van der Waals surface area contributed by atoms with Crippen LogP contribution in [0.4, 0.5) is 0 Å². The molecule has 0 bridgehead atoms. The predicted octanol–water partition coefficient (Wildman–Crippen LogP) is -0.740. The van der Waals surface area contributed by atoms with E-state index >= 15 is 0 Å². The summed E-state index contributed by atoms with van der Waals surface area (Å²) in [7, 11) is 0. The third kappa shape index (κ3) is 32.8. The molecule has 0 saturated carbocycles. The van der Waals surface area contributed by atoms with Crippen LogP contribution in [-0.2, 0) is 35.4 Å². The van der Waals surface area contributed by atoms with Crippen LogP contribution in [0.15, 0.2) is 0 Å². The van der Waals surface area contributed by atoms with Crippen LogP contribution >= 0.6 is 0 Å². The van der Waals surface area contributed by atoms with Crippen molar-refractivity contribution in [2.45, 2.75) is 0 Å². The fraction of sp³-hybridized carbons (Fsp3) is 0. The van der Waals surface area contributed by atoms with Crippen LogP contribution in [0, 0.1) is 0 Å². The van der Waals surface area contributed by atoms with E-state index in [0.717, 1.165) is 0 Å². The molecule has 26 valence electrons. The molecular weight excluding hydrogens is 303 g/mol. The Balaban J connectivity index is -0.00000000167. The van der Waals surface area contributed by atoms with Crippen LogP contribution in [0.25, 0.3) is 0 Å². The summed E-state index contributed by atoms with van der Waals surface area (Å²) in [5.74, 6) is 0. The summed E-state index contributed by atoms with van der Waals surface area (Å²) in [4.78, 5) is 0. The molecule has 0 aliphatic rings. The molecule has 0 fully saturated rings. The topological polar surface area (TPSA) is 74.1 Å². The zero-order valence-corrected chi connectivity index (χ0v) is 7.67. The van der Waals surface area contributed by atoms with E-state index in [-0.39, 0.29) is 58.5 Å². The van der Waals surface area contributed by atoms with Gasteiger partial charge in [0.1, 0.15) is 0 Å². The molecular formula is O3PbTi. The Morgan fingerprint density at radius 3 is 1.00 bits per heavy atom. The van der Waals surface area contributed by atoms with Crippen LogP contribution in [0.1, 0.15) is 0 Å². The zero-order chi connectivity index (χ0) is 2.00. The minimum absolute atomic E-state index is 0. The maximum Gasteiger partial charge on any atom is 4.00 e. The van der Waals surface area contributed by atoms with Crippen LogP contribution in [0.5, 0.6) is 0 Å². The van der Waals surface area contributed by atoms with Crippen molar-refractivity contribution >= 4 is 25.8 Å². The third-order valence-electron chi connectivity index (χ3n) is 0. The maximum absolute atomic E-state index is 8.39. The molecule has 0 amide bonds. The number of rotatable bonds is 0. The second kappa shape index (κ2) is 55.3. The van der Waals surface area contributed by atoms with Crippen molar-refractivity contribution in [3.05, 3.63) is 0 Å². The molecule has 0 aromatic heterocycles. The molecule has 3 nitrogen and oxygen atoms in total. The maximum atomic E-state index is 8.39. The Morgan fingerprint density at radius 2 is 1.00 bits per heavy atom. The van der Waals surface area contributed by atoms with Gasteiger partial charge in [-0.05, 0) is 0 Å². The molecule has 0 unspecified atom stereocenters. The van der Waals surface area contributed by atoms with Gasteiger partial charge in [-0.15, -0.1) is 0 Å². The van der Waals surface area contributed by atoms with Crippen molar-refractivity contribution in [3.8, 4) is 0 Å². The van der Waals surface area contributed by atoms with Crippen LogP contribution in [0.2, 0.25) is 0 Å². The number of hydrogen-bond acceptors (Lipinski definition) is 1. The second-order valence-electron chi connectivity index (χ2n) is 0. The average molecular weight is 303 g/mol. The third-order valence-corrected chi connectivity index (χ3v) is 0. The van der Waals surface area contributed by atoms with Gasteiger partial charge in [0.15, 0.2) is 0 Å². The standard InChI is InChI=1S/3O.Pb.Ti/q;2*-2;;+4. The van der Waals surface area contributed by atoms with Crippen LogP contribution in [-0.4, -0.2) is 25.8 Å². The molecule has 0 aliphatic heterocycles. The fourth-order valence-corrected chi connectivity index (χ4v) is 0. The first-order valence-corrected chi connectivity index (χ1v) is 1.79. The van der Waals surface area contributed by atoms with E-state index in [4.69, 9.17) is 2.69 Å². The van der Waals surface area contributed by atoms with E-state index in [1.54, 1.807) is 0 Å². The summed E-state index contributed by atoms with van der Waals surface area (Å²) in [6.07, 6.45) is 0. The average Bonchev–Trinajstić information content (AvgIpc) is 1.00. The molecule has 5 heteroatoms. The van der Waals surface area contributed by atoms with Crippen molar-refractivity contribution < 1.29 is 35.4 Å². The van der Waals surface area contributed by atoms with Crippen molar-refractivity contribution in [2.75, 3.05) is 0 Å².